The number of carbonyl (C=O) groups excluding carboxylic acids is 2. The highest BCUT2D eigenvalue weighted by Crippen LogP contribution is 2.28. The third kappa shape index (κ3) is 4.50. The predicted molar refractivity (Wildman–Crippen MR) is 98.7 cm³/mol. The smallest absolute Gasteiger partial charge is 0.239 e. The zero-order valence-corrected chi connectivity index (χ0v) is 15.1. The lowest BCUT2D eigenvalue weighted by Gasteiger charge is -2.23. The van der Waals surface area contributed by atoms with Crippen molar-refractivity contribution in [2.24, 2.45) is 5.41 Å². The summed E-state index contributed by atoms with van der Waals surface area (Å²) in [6.45, 7) is 3.01. The van der Waals surface area contributed by atoms with E-state index in [1.165, 1.54) is 19.9 Å². The number of nitrogens with zero attached hydrogens (tertiary/aromatic N) is 1. The molecule has 0 aliphatic heterocycles. The molecule has 7 heteroatoms. The quantitative estimate of drug-likeness (QED) is 0.773. The molecule has 0 aliphatic rings. The minimum Gasteiger partial charge on any atom is -0.325 e. The molecule has 2 N–H and O–H groups in total. The maximum atomic E-state index is 12.5. The number of rotatable bonds is 4. The van der Waals surface area contributed by atoms with Gasteiger partial charge in [0, 0.05) is 10.7 Å². The van der Waals surface area contributed by atoms with E-state index < -0.39 is 17.2 Å². The zero-order valence-electron chi connectivity index (χ0n) is 13.6. The van der Waals surface area contributed by atoms with Gasteiger partial charge in [-0.25, -0.2) is 0 Å². The van der Waals surface area contributed by atoms with Crippen LogP contribution in [-0.2, 0) is 9.59 Å². The molecule has 0 unspecified atom stereocenters. The third-order valence-electron chi connectivity index (χ3n) is 3.59. The van der Waals surface area contributed by atoms with Gasteiger partial charge in [-0.1, -0.05) is 23.2 Å². The summed E-state index contributed by atoms with van der Waals surface area (Å²) in [5.41, 5.74) is -0.00580. The number of hydrogen-bond donors (Lipinski definition) is 2. The second-order valence-corrected chi connectivity index (χ2v) is 6.69. The van der Waals surface area contributed by atoms with Crippen molar-refractivity contribution in [1.82, 2.24) is 0 Å². The van der Waals surface area contributed by atoms with E-state index in [-0.39, 0.29) is 5.02 Å². The lowest BCUT2D eigenvalue weighted by atomic mass is 9.90. The molecular weight excluding hydrogens is 361 g/mol. The van der Waals surface area contributed by atoms with Crippen molar-refractivity contribution in [3.8, 4) is 6.07 Å². The molecule has 0 heterocycles. The Morgan fingerprint density at radius 3 is 2.16 bits per heavy atom. The van der Waals surface area contributed by atoms with Gasteiger partial charge in [0.05, 0.1) is 22.3 Å². The number of nitrogens with one attached hydrogen (secondary N) is 2. The molecule has 0 spiro atoms. The molecule has 0 fully saturated rings. The molecule has 0 bridgehead atoms. The number of hydrogen-bond acceptors (Lipinski definition) is 3. The molecule has 0 saturated heterocycles. The van der Waals surface area contributed by atoms with E-state index in [0.717, 1.165) is 0 Å². The van der Waals surface area contributed by atoms with Crippen molar-refractivity contribution in [1.29, 1.82) is 5.26 Å². The fourth-order valence-corrected chi connectivity index (χ4v) is 2.34. The largest absolute Gasteiger partial charge is 0.325 e. The van der Waals surface area contributed by atoms with E-state index in [0.29, 0.717) is 22.0 Å². The van der Waals surface area contributed by atoms with Crippen LogP contribution >= 0.6 is 23.2 Å². The molecular formula is C18H15Cl2N3O2. The van der Waals surface area contributed by atoms with Crippen molar-refractivity contribution in [2.45, 2.75) is 13.8 Å². The van der Waals surface area contributed by atoms with Gasteiger partial charge in [-0.3, -0.25) is 9.59 Å². The Kier molecular flexibility index (Phi) is 5.68. The Bertz CT molecular complexity index is 856. The SMILES string of the molecule is CC(C)(C(=O)Nc1ccc(C#N)cc1)C(=O)Nc1ccc(Cl)cc1Cl. The van der Waals surface area contributed by atoms with Crippen LogP contribution in [0.2, 0.25) is 10.0 Å². The monoisotopic (exact) mass is 375 g/mol. The van der Waals surface area contributed by atoms with Crippen LogP contribution in [0.1, 0.15) is 19.4 Å². The summed E-state index contributed by atoms with van der Waals surface area (Å²) >= 11 is 11.9. The van der Waals surface area contributed by atoms with Gasteiger partial charge in [0.15, 0.2) is 0 Å². The first-order valence-corrected chi connectivity index (χ1v) is 8.08. The van der Waals surface area contributed by atoms with Crippen LogP contribution in [0.25, 0.3) is 0 Å². The van der Waals surface area contributed by atoms with Crippen LogP contribution < -0.4 is 10.6 Å². The Balaban J connectivity index is 2.11. The first kappa shape index (κ1) is 18.8. The van der Waals surface area contributed by atoms with Crippen LogP contribution in [0.15, 0.2) is 42.5 Å². The van der Waals surface area contributed by atoms with E-state index >= 15 is 0 Å². The highest BCUT2D eigenvalue weighted by molar-refractivity contribution is 6.36. The molecule has 5 nitrogen and oxygen atoms in total. The minimum absolute atomic E-state index is 0.282. The van der Waals surface area contributed by atoms with Gasteiger partial charge in [-0.15, -0.1) is 0 Å². The lowest BCUT2D eigenvalue weighted by Crippen LogP contribution is -2.41. The molecule has 0 atom stereocenters. The van der Waals surface area contributed by atoms with E-state index in [4.69, 9.17) is 28.5 Å². The number of amides is 2. The van der Waals surface area contributed by atoms with E-state index in [2.05, 4.69) is 10.6 Å². The van der Waals surface area contributed by atoms with Gasteiger partial charge in [-0.2, -0.15) is 5.26 Å². The minimum atomic E-state index is -1.35. The number of nitriles is 1. The Labute approximate surface area is 155 Å². The number of anilines is 2. The summed E-state index contributed by atoms with van der Waals surface area (Å²) in [5.74, 6) is -0.998. The van der Waals surface area contributed by atoms with E-state index in [1.807, 2.05) is 6.07 Å². The van der Waals surface area contributed by atoms with Crippen LogP contribution in [0.5, 0.6) is 0 Å². The Morgan fingerprint density at radius 2 is 1.60 bits per heavy atom. The van der Waals surface area contributed by atoms with Crippen molar-refractivity contribution < 1.29 is 9.59 Å². The molecule has 2 amide bonds. The summed E-state index contributed by atoms with van der Waals surface area (Å²) in [5, 5.41) is 14.8. The standard InChI is InChI=1S/C18H15Cl2N3O2/c1-18(2,16(24)22-13-6-3-11(10-21)4-7-13)17(25)23-15-8-5-12(19)9-14(15)20/h3-9H,1-2H3,(H,22,24)(H,23,25). The second-order valence-electron chi connectivity index (χ2n) is 5.85. The average molecular weight is 376 g/mol. The summed E-state index contributed by atoms with van der Waals surface area (Å²) in [6, 6.07) is 13.0. The fraction of sp³-hybridized carbons (Fsp3) is 0.167. The molecule has 0 saturated carbocycles. The van der Waals surface area contributed by atoms with Crippen LogP contribution in [-0.4, -0.2) is 11.8 Å². The van der Waals surface area contributed by atoms with Gasteiger partial charge >= 0.3 is 0 Å². The highest BCUT2D eigenvalue weighted by atomic mass is 35.5. The van der Waals surface area contributed by atoms with Crippen molar-refractivity contribution in [2.75, 3.05) is 10.6 Å². The molecule has 2 aromatic carbocycles. The second kappa shape index (κ2) is 7.56. The summed E-state index contributed by atoms with van der Waals surface area (Å²) < 4.78 is 0. The van der Waals surface area contributed by atoms with Gasteiger partial charge in [-0.05, 0) is 56.3 Å². The highest BCUT2D eigenvalue weighted by Gasteiger charge is 2.36. The van der Waals surface area contributed by atoms with Crippen LogP contribution in [0, 0.1) is 16.7 Å². The third-order valence-corrected chi connectivity index (χ3v) is 4.13. The van der Waals surface area contributed by atoms with Crippen molar-refractivity contribution >= 4 is 46.4 Å². The Morgan fingerprint density at radius 1 is 1.00 bits per heavy atom. The molecule has 25 heavy (non-hydrogen) atoms. The molecule has 0 radical (unpaired) electrons. The summed E-state index contributed by atoms with van der Waals surface area (Å²) in [4.78, 5) is 25.0. The molecule has 0 aromatic heterocycles. The van der Waals surface area contributed by atoms with Gasteiger partial charge in [0.2, 0.25) is 11.8 Å². The molecule has 0 aliphatic carbocycles. The number of halogens is 2. The Hall–Kier alpha value is -2.55. The van der Waals surface area contributed by atoms with Crippen molar-refractivity contribution in [3.63, 3.8) is 0 Å². The van der Waals surface area contributed by atoms with Crippen molar-refractivity contribution in [3.05, 3.63) is 58.1 Å². The maximum Gasteiger partial charge on any atom is 0.239 e. The average Bonchev–Trinajstić information content (AvgIpc) is 2.57. The molecule has 2 aromatic rings. The zero-order chi connectivity index (χ0) is 18.6. The number of carbonyl (C=O) groups is 2. The van der Waals surface area contributed by atoms with Gasteiger partial charge < -0.3 is 10.6 Å². The first-order valence-electron chi connectivity index (χ1n) is 7.32. The topological polar surface area (TPSA) is 82.0 Å². The lowest BCUT2D eigenvalue weighted by molar-refractivity contribution is -0.135. The maximum absolute atomic E-state index is 12.5. The van der Waals surface area contributed by atoms with Gasteiger partial charge in [0.25, 0.3) is 0 Å². The first-order chi connectivity index (χ1) is 11.7. The number of benzene rings is 2. The fourth-order valence-electron chi connectivity index (χ4n) is 1.89. The van der Waals surface area contributed by atoms with E-state index in [1.54, 1.807) is 36.4 Å². The normalized spacial score (nSPS) is 10.7. The van der Waals surface area contributed by atoms with Crippen LogP contribution in [0.3, 0.4) is 0 Å². The van der Waals surface area contributed by atoms with Gasteiger partial charge in [0.1, 0.15) is 5.41 Å². The predicted octanol–water partition coefficient (Wildman–Crippen LogP) is 4.47. The molecule has 128 valence electrons. The van der Waals surface area contributed by atoms with Crippen LogP contribution in [0.4, 0.5) is 11.4 Å². The summed E-state index contributed by atoms with van der Waals surface area (Å²) in [7, 11) is 0. The molecule has 2 rings (SSSR count). The summed E-state index contributed by atoms with van der Waals surface area (Å²) in [6.07, 6.45) is 0. The van der Waals surface area contributed by atoms with E-state index in [9.17, 15) is 9.59 Å².